The van der Waals surface area contributed by atoms with Crippen molar-refractivity contribution < 1.29 is 10.2 Å². The largest absolute Gasteiger partial charge is 0.391 e. The Morgan fingerprint density at radius 2 is 1.91 bits per heavy atom. The SMILES string of the molecule is O[C@@H]1CCN(c2ccc(Nc3ncc4c5ccncc5n([C@H]5CCC[C@H]5O)c4n3)nc2)C1. The molecule has 3 N–H and O–H groups in total. The first-order chi connectivity index (χ1) is 15.7. The standard InChI is InChI=1S/C23H25N7O2/c31-15-7-9-29(13-15)14-4-5-21(25-10-14)27-23-26-11-17-16-6-8-24-12-19(16)30(22(17)28-23)18-2-1-3-20(18)32/h4-6,8,10-12,15,18,20,31-32H,1-3,7,9,13H2,(H,25,26,27,28)/t15-,18+,20-/m1/s1. The van der Waals surface area contributed by atoms with E-state index in [4.69, 9.17) is 4.98 Å². The van der Waals surface area contributed by atoms with Crippen LogP contribution in [0.5, 0.6) is 0 Å². The Balaban J connectivity index is 1.35. The average Bonchev–Trinajstić information content (AvgIpc) is 3.51. The molecular formula is C23H25N7O2. The fourth-order valence-corrected chi connectivity index (χ4v) is 5.02. The van der Waals surface area contributed by atoms with E-state index in [0.29, 0.717) is 18.3 Å². The Hall–Kier alpha value is -3.30. The van der Waals surface area contributed by atoms with E-state index in [1.807, 2.05) is 30.6 Å². The molecule has 0 aromatic carbocycles. The second-order valence-electron chi connectivity index (χ2n) is 8.67. The van der Waals surface area contributed by atoms with Gasteiger partial charge in [-0.25, -0.2) is 9.97 Å². The van der Waals surface area contributed by atoms with Crippen molar-refractivity contribution in [3.05, 3.63) is 43.0 Å². The van der Waals surface area contributed by atoms with Crippen molar-refractivity contribution in [2.24, 2.45) is 0 Å². The normalized spacial score (nSPS) is 23.4. The van der Waals surface area contributed by atoms with Crippen molar-refractivity contribution in [1.29, 1.82) is 0 Å². The van der Waals surface area contributed by atoms with Gasteiger partial charge in [0, 0.05) is 36.3 Å². The molecule has 9 heteroatoms. The minimum absolute atomic E-state index is 0.0184. The third kappa shape index (κ3) is 3.25. The van der Waals surface area contributed by atoms with Gasteiger partial charge in [0.1, 0.15) is 11.5 Å². The topological polar surface area (TPSA) is 112 Å². The van der Waals surface area contributed by atoms with Gasteiger partial charge in [-0.3, -0.25) is 4.98 Å². The molecule has 5 heterocycles. The Labute approximate surface area is 184 Å². The van der Waals surface area contributed by atoms with Crippen LogP contribution in [0.3, 0.4) is 0 Å². The number of nitrogens with zero attached hydrogens (tertiary/aromatic N) is 6. The second kappa shape index (κ2) is 7.68. The van der Waals surface area contributed by atoms with Crippen LogP contribution in [0.15, 0.2) is 43.0 Å². The highest BCUT2D eigenvalue weighted by molar-refractivity contribution is 6.06. The van der Waals surface area contributed by atoms with Crippen LogP contribution in [0.4, 0.5) is 17.5 Å². The summed E-state index contributed by atoms with van der Waals surface area (Å²) in [4.78, 5) is 20.3. The molecule has 1 aliphatic heterocycles. The molecule has 164 valence electrons. The van der Waals surface area contributed by atoms with E-state index < -0.39 is 6.10 Å². The summed E-state index contributed by atoms with van der Waals surface area (Å²) in [6.07, 6.45) is 10.1. The van der Waals surface area contributed by atoms with Gasteiger partial charge in [-0.05, 0) is 43.9 Å². The van der Waals surface area contributed by atoms with Gasteiger partial charge in [0.2, 0.25) is 5.95 Å². The molecule has 2 fully saturated rings. The number of hydrogen-bond donors (Lipinski definition) is 3. The quantitative estimate of drug-likeness (QED) is 0.452. The molecule has 4 aromatic heterocycles. The van der Waals surface area contributed by atoms with Crippen LogP contribution < -0.4 is 10.2 Å². The number of β-amino-alcohol motifs (C(OH)–C–C–N with tert-alkyl or cyclic N) is 1. The second-order valence-corrected chi connectivity index (χ2v) is 8.67. The molecule has 1 saturated heterocycles. The Morgan fingerprint density at radius 1 is 0.969 bits per heavy atom. The highest BCUT2D eigenvalue weighted by atomic mass is 16.3. The summed E-state index contributed by atoms with van der Waals surface area (Å²) in [5.74, 6) is 1.11. The minimum atomic E-state index is -0.390. The maximum Gasteiger partial charge on any atom is 0.230 e. The van der Waals surface area contributed by atoms with Crippen LogP contribution in [0.25, 0.3) is 21.9 Å². The highest BCUT2D eigenvalue weighted by Gasteiger charge is 2.30. The number of aliphatic hydroxyl groups is 2. The van der Waals surface area contributed by atoms with Crippen LogP contribution in [-0.2, 0) is 0 Å². The zero-order valence-corrected chi connectivity index (χ0v) is 17.6. The third-order valence-corrected chi connectivity index (χ3v) is 6.64. The van der Waals surface area contributed by atoms with Gasteiger partial charge in [0.25, 0.3) is 0 Å². The Kier molecular flexibility index (Phi) is 4.65. The summed E-state index contributed by atoms with van der Waals surface area (Å²) in [5.41, 5.74) is 2.75. The predicted octanol–water partition coefficient (Wildman–Crippen LogP) is 2.78. The molecule has 0 radical (unpaired) electrons. The smallest absolute Gasteiger partial charge is 0.230 e. The Morgan fingerprint density at radius 3 is 2.66 bits per heavy atom. The van der Waals surface area contributed by atoms with E-state index in [1.54, 1.807) is 12.4 Å². The molecule has 9 nitrogen and oxygen atoms in total. The molecule has 0 spiro atoms. The lowest BCUT2D eigenvalue weighted by Crippen LogP contribution is -2.21. The summed E-state index contributed by atoms with van der Waals surface area (Å²) >= 11 is 0. The van der Waals surface area contributed by atoms with Gasteiger partial charge in [0.15, 0.2) is 0 Å². The van der Waals surface area contributed by atoms with Gasteiger partial charge in [0.05, 0.1) is 41.8 Å². The van der Waals surface area contributed by atoms with Crippen molar-refractivity contribution in [2.45, 2.75) is 43.9 Å². The van der Waals surface area contributed by atoms with Crippen molar-refractivity contribution in [1.82, 2.24) is 24.5 Å². The molecule has 0 bridgehead atoms. The van der Waals surface area contributed by atoms with Crippen molar-refractivity contribution in [3.63, 3.8) is 0 Å². The van der Waals surface area contributed by atoms with E-state index in [9.17, 15) is 10.2 Å². The fourth-order valence-electron chi connectivity index (χ4n) is 5.02. The summed E-state index contributed by atoms with van der Waals surface area (Å²) in [7, 11) is 0. The summed E-state index contributed by atoms with van der Waals surface area (Å²) in [6.45, 7) is 1.47. The van der Waals surface area contributed by atoms with E-state index in [0.717, 1.165) is 59.9 Å². The van der Waals surface area contributed by atoms with Crippen molar-refractivity contribution in [2.75, 3.05) is 23.3 Å². The lowest BCUT2D eigenvalue weighted by atomic mass is 10.2. The highest BCUT2D eigenvalue weighted by Crippen LogP contribution is 2.37. The number of pyridine rings is 2. The molecule has 2 aliphatic rings. The summed E-state index contributed by atoms with van der Waals surface area (Å²) < 4.78 is 2.12. The van der Waals surface area contributed by atoms with Crippen LogP contribution >= 0.6 is 0 Å². The van der Waals surface area contributed by atoms with Gasteiger partial charge in [-0.15, -0.1) is 0 Å². The van der Waals surface area contributed by atoms with E-state index in [1.165, 1.54) is 0 Å². The lowest BCUT2D eigenvalue weighted by molar-refractivity contribution is 0.140. The number of hydrogen-bond acceptors (Lipinski definition) is 8. The van der Waals surface area contributed by atoms with E-state index in [2.05, 4.69) is 29.7 Å². The maximum atomic E-state index is 10.6. The molecule has 4 aromatic rings. The predicted molar refractivity (Wildman–Crippen MR) is 122 cm³/mol. The first kappa shape index (κ1) is 19.4. The number of fused-ring (bicyclic) bond motifs is 3. The number of aliphatic hydroxyl groups excluding tert-OH is 2. The lowest BCUT2D eigenvalue weighted by Gasteiger charge is -2.19. The van der Waals surface area contributed by atoms with Crippen molar-refractivity contribution in [3.8, 4) is 0 Å². The van der Waals surface area contributed by atoms with Crippen LogP contribution in [0.1, 0.15) is 31.7 Å². The van der Waals surface area contributed by atoms with E-state index in [-0.39, 0.29) is 12.1 Å². The van der Waals surface area contributed by atoms with Gasteiger partial charge >= 0.3 is 0 Å². The average molecular weight is 432 g/mol. The molecule has 0 amide bonds. The number of anilines is 3. The molecule has 32 heavy (non-hydrogen) atoms. The molecule has 6 rings (SSSR count). The summed E-state index contributed by atoms with van der Waals surface area (Å²) in [6, 6.07) is 5.84. The van der Waals surface area contributed by atoms with Gasteiger partial charge in [-0.2, -0.15) is 4.98 Å². The first-order valence-electron chi connectivity index (χ1n) is 11.1. The molecule has 1 aliphatic carbocycles. The number of nitrogens with one attached hydrogen (secondary N) is 1. The zero-order chi connectivity index (χ0) is 21.7. The monoisotopic (exact) mass is 431 g/mol. The van der Waals surface area contributed by atoms with Gasteiger partial charge in [-0.1, -0.05) is 0 Å². The number of rotatable bonds is 4. The molecular weight excluding hydrogens is 406 g/mol. The first-order valence-corrected chi connectivity index (χ1v) is 11.1. The molecule has 3 atom stereocenters. The van der Waals surface area contributed by atoms with Crippen molar-refractivity contribution >= 4 is 39.4 Å². The summed E-state index contributed by atoms with van der Waals surface area (Å²) in [5, 5.41) is 25.5. The maximum absolute atomic E-state index is 10.6. The molecule has 1 saturated carbocycles. The zero-order valence-electron chi connectivity index (χ0n) is 17.6. The minimum Gasteiger partial charge on any atom is -0.391 e. The number of aromatic nitrogens is 5. The van der Waals surface area contributed by atoms with Crippen LogP contribution in [0.2, 0.25) is 0 Å². The van der Waals surface area contributed by atoms with Crippen LogP contribution in [-0.4, -0.2) is 60.0 Å². The Bertz CT molecular complexity index is 1270. The fraction of sp³-hybridized carbons (Fsp3) is 0.391. The molecule has 0 unspecified atom stereocenters. The third-order valence-electron chi connectivity index (χ3n) is 6.64. The van der Waals surface area contributed by atoms with E-state index >= 15 is 0 Å². The van der Waals surface area contributed by atoms with Gasteiger partial charge < -0.3 is 25.0 Å². The van der Waals surface area contributed by atoms with Crippen LogP contribution in [0, 0.1) is 0 Å².